The van der Waals surface area contributed by atoms with Crippen LogP contribution >= 0.6 is 10.0 Å². The quantitative estimate of drug-likeness (QED) is 0.740. The van der Waals surface area contributed by atoms with E-state index in [0.29, 0.717) is 10.9 Å². The monoisotopic (exact) mass is 257 g/mol. The van der Waals surface area contributed by atoms with Gasteiger partial charge in [-0.3, -0.25) is 0 Å². The summed E-state index contributed by atoms with van der Waals surface area (Å²) in [5, 5.41) is 0. The molecule has 0 bridgehead atoms. The Morgan fingerprint density at radius 2 is 1.56 bits per heavy atom. The van der Waals surface area contributed by atoms with Crippen LogP contribution in [-0.4, -0.2) is 43.5 Å². The molecule has 1 aromatic rings. The van der Waals surface area contributed by atoms with Crippen LogP contribution in [0.2, 0.25) is 0 Å². The average molecular weight is 257 g/mol. The van der Waals surface area contributed by atoms with Crippen LogP contribution in [0, 0.1) is 0 Å². The van der Waals surface area contributed by atoms with Gasteiger partial charge in [-0.05, 0) is 47.9 Å². The number of hydrogen-bond donors (Lipinski definition) is 0. The van der Waals surface area contributed by atoms with Crippen LogP contribution in [0.25, 0.3) is 0 Å². The van der Waals surface area contributed by atoms with Gasteiger partial charge in [-0.25, -0.2) is 10.0 Å². The summed E-state index contributed by atoms with van der Waals surface area (Å²) in [4.78, 5) is 3.03. The minimum Gasteiger partial charge on any atom is -0.372 e. The largest absolute Gasteiger partial charge is 0.372 e. The number of rotatable bonds is 2. The average Bonchev–Trinajstić information content (AvgIpc) is 2.29. The molecule has 1 nitrogen and oxygen atoms in total. The second kappa shape index (κ2) is 5.03. The van der Waals surface area contributed by atoms with Crippen LogP contribution in [0.4, 0.5) is 0 Å². The van der Waals surface area contributed by atoms with Crippen LogP contribution in [0.5, 0.6) is 0 Å². The molecule has 16 heavy (non-hydrogen) atoms. The van der Waals surface area contributed by atoms with E-state index in [2.05, 4.69) is 43.0 Å². The Balaban J connectivity index is 2.12. The van der Waals surface area contributed by atoms with E-state index in [1.807, 2.05) is 0 Å². The van der Waals surface area contributed by atoms with Crippen molar-refractivity contribution >= 4 is 20.9 Å². The van der Waals surface area contributed by atoms with Crippen molar-refractivity contribution < 1.29 is 4.74 Å². The summed E-state index contributed by atoms with van der Waals surface area (Å²) in [5.41, 5.74) is 0. The van der Waals surface area contributed by atoms with Crippen molar-refractivity contribution in [1.82, 2.24) is 0 Å². The second-order valence-electron chi connectivity index (χ2n) is 4.82. The molecule has 0 aliphatic carbocycles. The molecule has 0 saturated carbocycles. The van der Waals surface area contributed by atoms with E-state index in [1.54, 1.807) is 0 Å². The third kappa shape index (κ3) is 2.96. The van der Waals surface area contributed by atoms with Crippen LogP contribution in [0.1, 0.15) is 0 Å². The summed E-state index contributed by atoms with van der Waals surface area (Å²) >= 11 is 0. The first-order valence-corrected chi connectivity index (χ1v) is 10.0. The number of hydrogen-bond acceptors (Lipinski definition) is 1. The molecule has 0 radical (unpaired) electrons. The van der Waals surface area contributed by atoms with Crippen molar-refractivity contribution in [3.8, 4) is 0 Å². The van der Waals surface area contributed by atoms with E-state index in [0.717, 1.165) is 13.2 Å². The summed E-state index contributed by atoms with van der Waals surface area (Å²) in [5.74, 6) is 2.42. The second-order valence-corrected chi connectivity index (χ2v) is 11.2. The van der Waals surface area contributed by atoms with Gasteiger partial charge in [-0.15, -0.1) is 0 Å². The first-order valence-electron chi connectivity index (χ1n) is 5.61. The molecular formula is C13H21OS2+. The Morgan fingerprint density at radius 3 is 2.06 bits per heavy atom. The Morgan fingerprint density at radius 1 is 1.00 bits per heavy atom. The van der Waals surface area contributed by atoms with Crippen LogP contribution in [0.15, 0.2) is 34.1 Å². The Hall–Kier alpha value is -0.120. The zero-order valence-corrected chi connectivity index (χ0v) is 12.0. The Labute approximate surface area is 103 Å². The Bertz CT molecular complexity index is 334. The molecule has 1 heterocycles. The minimum atomic E-state index is -0.572. The van der Waals surface area contributed by atoms with Crippen molar-refractivity contribution in [1.29, 1.82) is 0 Å². The summed E-state index contributed by atoms with van der Waals surface area (Å²) < 4.78 is 5.41. The van der Waals surface area contributed by atoms with Gasteiger partial charge in [0.1, 0.15) is 11.5 Å². The minimum absolute atomic E-state index is 0.441. The first kappa shape index (κ1) is 12.3. The van der Waals surface area contributed by atoms with Crippen molar-refractivity contribution in [2.45, 2.75) is 9.79 Å². The third-order valence-corrected chi connectivity index (χ3v) is 6.76. The van der Waals surface area contributed by atoms with Gasteiger partial charge in [0.05, 0.1) is 13.2 Å². The number of ether oxygens (including phenoxy) is 1. The normalized spacial score (nSPS) is 19.7. The maximum absolute atomic E-state index is 5.41. The molecule has 0 unspecified atom stereocenters. The predicted octanol–water partition coefficient (Wildman–Crippen LogP) is 2.75. The highest BCUT2D eigenvalue weighted by Gasteiger charge is 2.25. The fraction of sp³-hybridized carbons (Fsp3) is 0.538. The van der Waals surface area contributed by atoms with Crippen molar-refractivity contribution in [3.05, 3.63) is 24.3 Å². The van der Waals surface area contributed by atoms with Crippen molar-refractivity contribution in [2.75, 3.05) is 43.5 Å². The molecule has 1 fully saturated rings. The van der Waals surface area contributed by atoms with E-state index < -0.39 is 10.0 Å². The lowest BCUT2D eigenvalue weighted by atomic mass is 10.4. The predicted molar refractivity (Wildman–Crippen MR) is 76.3 cm³/mol. The fourth-order valence-electron chi connectivity index (χ4n) is 1.80. The molecule has 0 aromatic heterocycles. The molecule has 0 atom stereocenters. The molecule has 0 N–H and O–H groups in total. The maximum atomic E-state index is 5.41. The molecule has 2 rings (SSSR count). The number of benzene rings is 1. The molecule has 90 valence electrons. The molecule has 0 amide bonds. The molecule has 3 heteroatoms. The van der Waals surface area contributed by atoms with Gasteiger partial charge in [0.2, 0.25) is 0 Å². The molecule has 1 aliphatic heterocycles. The van der Waals surface area contributed by atoms with E-state index >= 15 is 0 Å². The Kier molecular flexibility index (Phi) is 3.88. The van der Waals surface area contributed by atoms with Crippen molar-refractivity contribution in [2.24, 2.45) is 0 Å². The highest BCUT2D eigenvalue weighted by atomic mass is 32.3. The molecule has 1 saturated heterocycles. The van der Waals surface area contributed by atoms with Crippen molar-refractivity contribution in [3.63, 3.8) is 0 Å². The molecule has 1 aromatic carbocycles. The van der Waals surface area contributed by atoms with Gasteiger partial charge in [-0.2, -0.15) is 0 Å². The molecule has 1 aliphatic rings. The summed E-state index contributed by atoms with van der Waals surface area (Å²) in [7, 11) is -0.131. The van der Waals surface area contributed by atoms with Gasteiger partial charge < -0.3 is 4.74 Å². The van der Waals surface area contributed by atoms with Crippen LogP contribution in [-0.2, 0) is 15.6 Å². The highest BCUT2D eigenvalue weighted by Crippen LogP contribution is 2.45. The van der Waals surface area contributed by atoms with E-state index in [9.17, 15) is 0 Å². The van der Waals surface area contributed by atoms with Gasteiger partial charge in [0, 0.05) is 10.9 Å². The summed E-state index contributed by atoms with van der Waals surface area (Å²) in [6.07, 6.45) is 7.04. The molecule has 0 spiro atoms. The SMILES string of the molecule is CS(C)(C)c1ccc([S+]2CCOCC2)cc1. The first-order chi connectivity index (χ1) is 7.57. The lowest BCUT2D eigenvalue weighted by Crippen LogP contribution is -2.26. The zero-order chi connectivity index (χ0) is 11.6. The smallest absolute Gasteiger partial charge is 0.155 e. The van der Waals surface area contributed by atoms with E-state index in [-0.39, 0.29) is 0 Å². The lowest BCUT2D eigenvalue weighted by Gasteiger charge is -2.25. The van der Waals surface area contributed by atoms with E-state index in [1.165, 1.54) is 21.3 Å². The fourth-order valence-corrected chi connectivity index (χ4v) is 4.59. The van der Waals surface area contributed by atoms with Gasteiger partial charge in [-0.1, -0.05) is 0 Å². The van der Waals surface area contributed by atoms with E-state index in [4.69, 9.17) is 4.74 Å². The maximum Gasteiger partial charge on any atom is 0.155 e. The van der Waals surface area contributed by atoms with Gasteiger partial charge in [0.15, 0.2) is 4.90 Å². The third-order valence-electron chi connectivity index (χ3n) is 2.81. The van der Waals surface area contributed by atoms with Gasteiger partial charge >= 0.3 is 0 Å². The topological polar surface area (TPSA) is 9.23 Å². The van der Waals surface area contributed by atoms with Crippen LogP contribution in [0.3, 0.4) is 0 Å². The lowest BCUT2D eigenvalue weighted by molar-refractivity contribution is 0.159. The highest BCUT2D eigenvalue weighted by molar-refractivity contribution is 8.32. The van der Waals surface area contributed by atoms with Gasteiger partial charge in [0.25, 0.3) is 0 Å². The summed E-state index contributed by atoms with van der Waals surface area (Å²) in [6.45, 7) is 1.88. The zero-order valence-electron chi connectivity index (χ0n) is 10.4. The van der Waals surface area contributed by atoms with Crippen LogP contribution < -0.4 is 0 Å². The standard InChI is InChI=1S/C13H21OS2/c1-16(2,3)13-6-4-12(5-7-13)15-10-8-14-9-11-15/h4-7H,8-11H2,1-3H3/q+1. The summed E-state index contributed by atoms with van der Waals surface area (Å²) in [6, 6.07) is 9.32. The molecular weight excluding hydrogens is 236 g/mol.